The van der Waals surface area contributed by atoms with Crippen LogP contribution >= 0.6 is 11.8 Å². The van der Waals surface area contributed by atoms with Crippen LogP contribution in [-0.4, -0.2) is 17.0 Å². The number of hydrogen-bond acceptors (Lipinski definition) is 3. The Kier molecular flexibility index (Phi) is 4.00. The molecule has 1 aromatic carbocycles. The molecular weight excluding hydrogens is 232 g/mol. The summed E-state index contributed by atoms with van der Waals surface area (Å²) in [6.45, 7) is 6.99. The Morgan fingerprint density at radius 3 is 2.88 bits per heavy atom. The fraction of sp³-hybridized carbons (Fsp3) is 0.571. The Labute approximate surface area is 107 Å². The molecule has 1 aromatic rings. The van der Waals surface area contributed by atoms with Crippen LogP contribution in [0.4, 0.5) is 0 Å². The molecule has 94 valence electrons. The minimum Gasteiger partial charge on any atom is -0.494 e. The Balaban J connectivity index is 2.34. The van der Waals surface area contributed by atoms with Crippen molar-refractivity contribution in [2.45, 2.75) is 37.9 Å². The van der Waals surface area contributed by atoms with Gasteiger partial charge in [0.05, 0.1) is 12.7 Å². The van der Waals surface area contributed by atoms with Gasteiger partial charge in [-0.15, -0.1) is 0 Å². The van der Waals surface area contributed by atoms with E-state index >= 15 is 0 Å². The lowest BCUT2D eigenvalue weighted by Crippen LogP contribution is -2.26. The first kappa shape index (κ1) is 12.8. The van der Waals surface area contributed by atoms with E-state index in [1.165, 1.54) is 5.56 Å². The molecule has 0 amide bonds. The van der Waals surface area contributed by atoms with Gasteiger partial charge in [-0.3, -0.25) is 0 Å². The van der Waals surface area contributed by atoms with Crippen LogP contribution in [0.2, 0.25) is 0 Å². The van der Waals surface area contributed by atoms with Gasteiger partial charge >= 0.3 is 0 Å². The highest BCUT2D eigenvalue weighted by molar-refractivity contribution is 7.99. The summed E-state index contributed by atoms with van der Waals surface area (Å²) in [4.78, 5) is 0. The van der Waals surface area contributed by atoms with Crippen LogP contribution in [0.5, 0.6) is 5.75 Å². The van der Waals surface area contributed by atoms with Crippen molar-refractivity contribution in [2.75, 3.05) is 6.61 Å². The van der Waals surface area contributed by atoms with Crippen molar-refractivity contribution in [3.8, 4) is 5.75 Å². The molecule has 3 heteroatoms. The molecule has 1 heterocycles. The van der Waals surface area contributed by atoms with Gasteiger partial charge in [0.2, 0.25) is 0 Å². The van der Waals surface area contributed by atoms with Gasteiger partial charge in [0, 0.05) is 16.6 Å². The van der Waals surface area contributed by atoms with E-state index in [4.69, 9.17) is 4.74 Å². The molecule has 17 heavy (non-hydrogen) atoms. The van der Waals surface area contributed by atoms with Crippen LogP contribution in [0.25, 0.3) is 0 Å². The van der Waals surface area contributed by atoms with E-state index in [-0.39, 0.29) is 6.10 Å². The van der Waals surface area contributed by atoms with Crippen LogP contribution < -0.4 is 4.74 Å². The maximum Gasteiger partial charge on any atom is 0.123 e. The van der Waals surface area contributed by atoms with Gasteiger partial charge in [0.25, 0.3) is 0 Å². The third kappa shape index (κ3) is 2.45. The summed E-state index contributed by atoms with van der Waals surface area (Å²) in [7, 11) is 0. The van der Waals surface area contributed by atoms with Gasteiger partial charge in [-0.25, -0.2) is 0 Å². The molecule has 0 spiro atoms. The van der Waals surface area contributed by atoms with Gasteiger partial charge in [-0.2, -0.15) is 11.8 Å². The van der Waals surface area contributed by atoms with Gasteiger partial charge in [0.15, 0.2) is 0 Å². The number of thioether (sulfide) groups is 1. The summed E-state index contributed by atoms with van der Waals surface area (Å²) in [5.41, 5.74) is 2.22. The highest BCUT2D eigenvalue weighted by atomic mass is 32.2. The zero-order valence-corrected chi connectivity index (χ0v) is 11.5. The van der Waals surface area contributed by atoms with Crippen LogP contribution in [-0.2, 0) is 5.75 Å². The Morgan fingerprint density at radius 1 is 1.47 bits per heavy atom. The maximum absolute atomic E-state index is 10.4. The van der Waals surface area contributed by atoms with E-state index in [2.05, 4.69) is 13.8 Å². The molecule has 0 aromatic heterocycles. The minimum absolute atomic E-state index is 0.291. The fourth-order valence-electron chi connectivity index (χ4n) is 2.31. The molecule has 1 aliphatic heterocycles. The van der Waals surface area contributed by atoms with Crippen LogP contribution in [0.3, 0.4) is 0 Å². The predicted octanol–water partition coefficient (Wildman–Crippen LogP) is 3.39. The summed E-state index contributed by atoms with van der Waals surface area (Å²) in [5.74, 6) is 2.35. The summed E-state index contributed by atoms with van der Waals surface area (Å²) < 4.78 is 5.62. The normalized spacial score (nSPS) is 23.6. The number of hydrogen-bond donors (Lipinski definition) is 1. The molecular formula is C14H20O2S. The molecule has 2 nitrogen and oxygen atoms in total. The maximum atomic E-state index is 10.4. The number of aliphatic hydroxyl groups excluding tert-OH is 1. The molecule has 2 unspecified atom stereocenters. The van der Waals surface area contributed by atoms with Crippen molar-refractivity contribution in [2.24, 2.45) is 5.92 Å². The summed E-state index contributed by atoms with van der Waals surface area (Å²) in [6, 6.07) is 5.99. The van der Waals surface area contributed by atoms with Gasteiger partial charge in [-0.1, -0.05) is 26.0 Å². The van der Waals surface area contributed by atoms with Gasteiger partial charge < -0.3 is 9.84 Å². The van der Waals surface area contributed by atoms with Crippen molar-refractivity contribution in [3.63, 3.8) is 0 Å². The lowest BCUT2D eigenvalue weighted by atomic mass is 9.94. The van der Waals surface area contributed by atoms with Crippen molar-refractivity contribution in [1.82, 2.24) is 0 Å². The number of fused-ring (bicyclic) bond motifs is 1. The zero-order chi connectivity index (χ0) is 12.4. The minimum atomic E-state index is -0.371. The summed E-state index contributed by atoms with van der Waals surface area (Å²) in [6.07, 6.45) is -0.371. The smallest absolute Gasteiger partial charge is 0.123 e. The van der Waals surface area contributed by atoms with Gasteiger partial charge in [-0.05, 0) is 24.5 Å². The summed E-state index contributed by atoms with van der Waals surface area (Å²) in [5, 5.41) is 10.7. The summed E-state index contributed by atoms with van der Waals surface area (Å²) >= 11 is 1.83. The number of aliphatic hydroxyl groups is 1. The third-order valence-corrected chi connectivity index (χ3v) is 4.82. The number of ether oxygens (including phenoxy) is 1. The van der Waals surface area contributed by atoms with Crippen LogP contribution in [0.15, 0.2) is 18.2 Å². The van der Waals surface area contributed by atoms with E-state index in [1.54, 1.807) is 0 Å². The molecule has 1 N–H and O–H groups in total. The standard InChI is InChI=1S/C14H20O2S/c1-4-16-12-7-5-6-10-11(12)8-17-14(9(2)3)13(10)15/h5-7,9,13-15H,4,8H2,1-3H3. The number of rotatable bonds is 3. The van der Waals surface area contributed by atoms with Gasteiger partial charge in [0.1, 0.15) is 5.75 Å². The van der Waals surface area contributed by atoms with E-state index in [9.17, 15) is 5.11 Å². The Bertz CT molecular complexity index is 390. The fourth-order valence-corrected chi connectivity index (χ4v) is 3.69. The van der Waals surface area contributed by atoms with Crippen molar-refractivity contribution in [1.29, 1.82) is 0 Å². The SMILES string of the molecule is CCOc1cccc2c1CSC(C(C)C)C2O. The lowest BCUT2D eigenvalue weighted by Gasteiger charge is -2.33. The van der Waals surface area contributed by atoms with Crippen molar-refractivity contribution < 1.29 is 9.84 Å². The molecule has 2 rings (SSSR count). The average molecular weight is 252 g/mol. The first-order valence-corrected chi connectivity index (χ1v) is 7.24. The topological polar surface area (TPSA) is 29.5 Å². The van der Waals surface area contributed by atoms with Crippen LogP contribution in [0, 0.1) is 5.92 Å². The highest BCUT2D eigenvalue weighted by Gasteiger charge is 2.31. The Morgan fingerprint density at radius 2 is 2.24 bits per heavy atom. The molecule has 0 radical (unpaired) electrons. The molecule has 0 saturated heterocycles. The second-order valence-corrected chi connectivity index (χ2v) is 5.89. The molecule has 2 atom stereocenters. The number of benzene rings is 1. The zero-order valence-electron chi connectivity index (χ0n) is 10.6. The Hall–Kier alpha value is -0.670. The lowest BCUT2D eigenvalue weighted by molar-refractivity contribution is 0.155. The molecule has 0 fully saturated rings. The van der Waals surface area contributed by atoms with E-state index in [1.807, 2.05) is 36.9 Å². The van der Waals surface area contributed by atoms with Crippen molar-refractivity contribution in [3.05, 3.63) is 29.3 Å². The highest BCUT2D eigenvalue weighted by Crippen LogP contribution is 2.43. The van der Waals surface area contributed by atoms with E-state index in [0.29, 0.717) is 17.8 Å². The molecule has 0 aliphatic carbocycles. The predicted molar refractivity (Wildman–Crippen MR) is 72.5 cm³/mol. The largest absolute Gasteiger partial charge is 0.494 e. The first-order valence-electron chi connectivity index (χ1n) is 6.19. The quantitative estimate of drug-likeness (QED) is 0.894. The van der Waals surface area contributed by atoms with E-state index in [0.717, 1.165) is 17.1 Å². The van der Waals surface area contributed by atoms with E-state index < -0.39 is 0 Å². The average Bonchev–Trinajstić information content (AvgIpc) is 2.30. The first-order chi connectivity index (χ1) is 8.15. The monoisotopic (exact) mass is 252 g/mol. The van der Waals surface area contributed by atoms with Crippen LogP contribution in [0.1, 0.15) is 38.0 Å². The van der Waals surface area contributed by atoms with Crippen molar-refractivity contribution >= 4 is 11.8 Å². The third-order valence-electron chi connectivity index (χ3n) is 3.18. The molecule has 1 aliphatic rings. The second kappa shape index (κ2) is 5.32. The second-order valence-electron chi connectivity index (χ2n) is 4.72. The molecule has 0 saturated carbocycles. The molecule has 0 bridgehead atoms.